The number of phenols is 1. The van der Waals surface area contributed by atoms with Crippen LogP contribution in [0.25, 0.3) is 0 Å². The van der Waals surface area contributed by atoms with Gasteiger partial charge in [-0.05, 0) is 42.6 Å². The second-order valence-electron chi connectivity index (χ2n) is 5.36. The Balaban J connectivity index is 1.84. The number of rotatable bonds is 4. The van der Waals surface area contributed by atoms with Gasteiger partial charge in [0.05, 0.1) is 0 Å². The molecule has 1 aromatic rings. The summed E-state index contributed by atoms with van der Waals surface area (Å²) in [4.78, 5) is 13.8. The molecule has 1 unspecified atom stereocenters. The summed E-state index contributed by atoms with van der Waals surface area (Å²) in [6, 6.07) is 6.33. The highest BCUT2D eigenvalue weighted by atomic mass is 16.5. The molecule has 1 fully saturated rings. The molecule has 3 N–H and O–H groups in total. The fraction of sp³-hybridized carbons (Fsp3) is 0.500. The topological polar surface area (TPSA) is 75.8 Å². The third-order valence-electron chi connectivity index (χ3n) is 3.60. The van der Waals surface area contributed by atoms with Crippen molar-refractivity contribution in [3.05, 3.63) is 24.3 Å². The average Bonchev–Trinajstić information content (AvgIpc) is 2.81. The highest BCUT2D eigenvalue weighted by Gasteiger charge is 2.34. The van der Waals surface area contributed by atoms with E-state index in [1.54, 1.807) is 17.0 Å². The molecule has 1 heterocycles. The first-order valence-electron chi connectivity index (χ1n) is 6.42. The first kappa shape index (κ1) is 13.7. The van der Waals surface area contributed by atoms with E-state index >= 15 is 0 Å². The standard InChI is InChI=1S/C14H20N2O3/c1-14(9-15)6-7-16(10-14)13(18)8-19-12-4-2-11(17)3-5-12/h2-5,17H,6-10,15H2,1H3. The Bertz CT molecular complexity index is 447. The molecule has 0 saturated carbocycles. The second kappa shape index (κ2) is 5.48. The van der Waals surface area contributed by atoms with E-state index in [9.17, 15) is 4.79 Å². The molecule has 0 radical (unpaired) electrons. The summed E-state index contributed by atoms with van der Waals surface area (Å²) in [6.45, 7) is 4.15. The Hall–Kier alpha value is -1.75. The molecule has 0 bridgehead atoms. The number of hydrogen-bond acceptors (Lipinski definition) is 4. The molecule has 1 aromatic carbocycles. The van der Waals surface area contributed by atoms with Gasteiger partial charge in [0.25, 0.3) is 5.91 Å². The zero-order valence-electron chi connectivity index (χ0n) is 11.1. The van der Waals surface area contributed by atoms with E-state index in [2.05, 4.69) is 6.92 Å². The van der Waals surface area contributed by atoms with Crippen molar-refractivity contribution < 1.29 is 14.6 Å². The summed E-state index contributed by atoms with van der Waals surface area (Å²) in [5.41, 5.74) is 5.75. The van der Waals surface area contributed by atoms with E-state index in [1.165, 1.54) is 12.1 Å². The van der Waals surface area contributed by atoms with Gasteiger partial charge >= 0.3 is 0 Å². The van der Waals surface area contributed by atoms with Gasteiger partial charge in [-0.25, -0.2) is 0 Å². The van der Waals surface area contributed by atoms with Crippen LogP contribution in [0, 0.1) is 5.41 Å². The highest BCUT2D eigenvalue weighted by molar-refractivity contribution is 5.78. The quantitative estimate of drug-likeness (QED) is 0.849. The number of carbonyl (C=O) groups is 1. The van der Waals surface area contributed by atoms with Crippen LogP contribution in [0.15, 0.2) is 24.3 Å². The SMILES string of the molecule is CC1(CN)CCN(C(=O)COc2ccc(O)cc2)C1. The molecule has 0 aliphatic carbocycles. The normalized spacial score (nSPS) is 22.5. The molecule has 0 spiro atoms. The number of ether oxygens (including phenoxy) is 1. The van der Waals surface area contributed by atoms with Crippen molar-refractivity contribution in [2.75, 3.05) is 26.2 Å². The first-order valence-corrected chi connectivity index (χ1v) is 6.42. The monoisotopic (exact) mass is 264 g/mol. The molecule has 5 nitrogen and oxygen atoms in total. The van der Waals surface area contributed by atoms with Gasteiger partial charge in [-0.2, -0.15) is 0 Å². The molecule has 1 atom stereocenters. The van der Waals surface area contributed by atoms with Crippen LogP contribution in [-0.2, 0) is 4.79 Å². The zero-order chi connectivity index (χ0) is 13.9. The van der Waals surface area contributed by atoms with Crippen LogP contribution in [-0.4, -0.2) is 42.2 Å². The van der Waals surface area contributed by atoms with E-state index in [4.69, 9.17) is 15.6 Å². The molecule has 2 rings (SSSR count). The molecule has 1 aliphatic rings. The molecule has 1 saturated heterocycles. The van der Waals surface area contributed by atoms with Crippen LogP contribution in [0.1, 0.15) is 13.3 Å². The van der Waals surface area contributed by atoms with Gasteiger partial charge in [-0.1, -0.05) is 6.92 Å². The minimum absolute atomic E-state index is 0.0193. The maximum absolute atomic E-state index is 12.0. The van der Waals surface area contributed by atoms with Crippen molar-refractivity contribution in [3.63, 3.8) is 0 Å². The Kier molecular flexibility index (Phi) is 3.95. The van der Waals surface area contributed by atoms with E-state index in [0.29, 0.717) is 18.8 Å². The van der Waals surface area contributed by atoms with Gasteiger partial charge in [-0.3, -0.25) is 4.79 Å². The van der Waals surface area contributed by atoms with Crippen LogP contribution < -0.4 is 10.5 Å². The summed E-state index contributed by atoms with van der Waals surface area (Å²) < 4.78 is 5.40. The minimum atomic E-state index is -0.0229. The fourth-order valence-electron chi connectivity index (χ4n) is 2.18. The molecule has 0 aromatic heterocycles. The number of nitrogens with zero attached hydrogens (tertiary/aromatic N) is 1. The number of nitrogens with two attached hydrogens (primary N) is 1. The summed E-state index contributed by atoms with van der Waals surface area (Å²) in [5.74, 6) is 0.731. The maximum Gasteiger partial charge on any atom is 0.260 e. The van der Waals surface area contributed by atoms with Crippen LogP contribution >= 0.6 is 0 Å². The smallest absolute Gasteiger partial charge is 0.260 e. The number of benzene rings is 1. The van der Waals surface area contributed by atoms with E-state index < -0.39 is 0 Å². The van der Waals surface area contributed by atoms with Gasteiger partial charge in [0.1, 0.15) is 11.5 Å². The Morgan fingerprint density at radius 2 is 2.16 bits per heavy atom. The molecular formula is C14H20N2O3. The van der Waals surface area contributed by atoms with Gasteiger partial charge < -0.3 is 20.5 Å². The van der Waals surface area contributed by atoms with Crippen molar-refractivity contribution >= 4 is 5.91 Å². The van der Waals surface area contributed by atoms with E-state index in [0.717, 1.165) is 13.0 Å². The van der Waals surface area contributed by atoms with Gasteiger partial charge in [0, 0.05) is 13.1 Å². The summed E-state index contributed by atoms with van der Waals surface area (Å²) in [7, 11) is 0. The van der Waals surface area contributed by atoms with Crippen molar-refractivity contribution in [1.82, 2.24) is 4.90 Å². The highest BCUT2D eigenvalue weighted by Crippen LogP contribution is 2.28. The van der Waals surface area contributed by atoms with E-state index in [-0.39, 0.29) is 23.7 Å². The number of likely N-dealkylation sites (tertiary alicyclic amines) is 1. The number of hydrogen-bond donors (Lipinski definition) is 2. The third-order valence-corrected chi connectivity index (χ3v) is 3.60. The summed E-state index contributed by atoms with van der Waals surface area (Å²) in [6.07, 6.45) is 0.939. The lowest BCUT2D eigenvalue weighted by Crippen LogP contribution is -2.36. The van der Waals surface area contributed by atoms with E-state index in [1.807, 2.05) is 0 Å². The number of amides is 1. The van der Waals surface area contributed by atoms with Crippen molar-refractivity contribution in [1.29, 1.82) is 0 Å². The first-order chi connectivity index (χ1) is 9.02. The Labute approximate surface area is 113 Å². The predicted molar refractivity (Wildman–Crippen MR) is 72.0 cm³/mol. The lowest BCUT2D eigenvalue weighted by Gasteiger charge is -2.22. The summed E-state index contributed by atoms with van der Waals surface area (Å²) >= 11 is 0. The van der Waals surface area contributed by atoms with Gasteiger partial charge in [0.2, 0.25) is 0 Å². The Morgan fingerprint density at radius 3 is 2.74 bits per heavy atom. The van der Waals surface area contributed by atoms with Crippen molar-refractivity contribution in [2.24, 2.45) is 11.1 Å². The predicted octanol–water partition coefficient (Wildman–Crippen LogP) is 0.968. The van der Waals surface area contributed by atoms with Gasteiger partial charge in [0.15, 0.2) is 6.61 Å². The number of phenolic OH excluding ortho intramolecular Hbond substituents is 1. The second-order valence-corrected chi connectivity index (χ2v) is 5.36. The van der Waals surface area contributed by atoms with Crippen LogP contribution in [0.2, 0.25) is 0 Å². The zero-order valence-corrected chi connectivity index (χ0v) is 11.1. The number of aromatic hydroxyl groups is 1. The maximum atomic E-state index is 12.0. The lowest BCUT2D eigenvalue weighted by molar-refractivity contribution is -0.132. The van der Waals surface area contributed by atoms with Crippen molar-refractivity contribution in [2.45, 2.75) is 13.3 Å². The average molecular weight is 264 g/mol. The van der Waals surface area contributed by atoms with Crippen molar-refractivity contribution in [3.8, 4) is 11.5 Å². The number of carbonyl (C=O) groups excluding carboxylic acids is 1. The summed E-state index contributed by atoms with van der Waals surface area (Å²) in [5, 5.41) is 9.15. The van der Waals surface area contributed by atoms with Crippen LogP contribution in [0.5, 0.6) is 11.5 Å². The molecule has 104 valence electrons. The largest absolute Gasteiger partial charge is 0.508 e. The molecule has 1 aliphatic heterocycles. The third kappa shape index (κ3) is 3.38. The molecular weight excluding hydrogens is 244 g/mol. The Morgan fingerprint density at radius 1 is 1.47 bits per heavy atom. The molecule has 1 amide bonds. The minimum Gasteiger partial charge on any atom is -0.508 e. The van der Waals surface area contributed by atoms with Crippen LogP contribution in [0.3, 0.4) is 0 Å². The van der Waals surface area contributed by atoms with Gasteiger partial charge in [-0.15, -0.1) is 0 Å². The molecule has 5 heteroatoms. The lowest BCUT2D eigenvalue weighted by atomic mass is 9.90. The molecule has 19 heavy (non-hydrogen) atoms. The van der Waals surface area contributed by atoms with Crippen LogP contribution in [0.4, 0.5) is 0 Å². The fourth-order valence-corrected chi connectivity index (χ4v) is 2.18.